The summed E-state index contributed by atoms with van der Waals surface area (Å²) in [6, 6.07) is 69.5. The molecule has 0 fully saturated rings. The number of aromatic nitrogens is 4. The molecule has 56 heavy (non-hydrogen) atoms. The minimum Gasteiger partial charge on any atom is -0.309 e. The normalized spacial score (nSPS) is 11.6. The molecule has 0 spiro atoms. The van der Waals surface area contributed by atoms with Gasteiger partial charge in [0.25, 0.3) is 0 Å². The molecular weight excluding hydrogens is 681 g/mol. The summed E-state index contributed by atoms with van der Waals surface area (Å²) in [5, 5.41) is 4.99. The van der Waals surface area contributed by atoms with E-state index in [1.165, 1.54) is 54.7 Å². The van der Waals surface area contributed by atoms with Gasteiger partial charge >= 0.3 is 0 Å². The molecular formula is C52H34N4. The lowest BCUT2D eigenvalue weighted by atomic mass is 10.00. The maximum absolute atomic E-state index is 4.69. The van der Waals surface area contributed by atoms with Crippen molar-refractivity contribution in [3.05, 3.63) is 207 Å². The smallest absolute Gasteiger partial charge is 0.159 e. The Morgan fingerprint density at radius 3 is 1.25 bits per heavy atom. The maximum Gasteiger partial charge on any atom is 0.159 e. The van der Waals surface area contributed by atoms with Gasteiger partial charge in [-0.05, 0) is 82.4 Å². The zero-order chi connectivity index (χ0) is 37.0. The van der Waals surface area contributed by atoms with Crippen LogP contribution in [0.1, 0.15) is 0 Å². The van der Waals surface area contributed by atoms with Gasteiger partial charge < -0.3 is 9.13 Å². The monoisotopic (exact) mass is 714 g/mol. The van der Waals surface area contributed by atoms with E-state index in [0.717, 1.165) is 45.0 Å². The fourth-order valence-electron chi connectivity index (χ4n) is 8.37. The fourth-order valence-corrected chi connectivity index (χ4v) is 8.37. The summed E-state index contributed by atoms with van der Waals surface area (Å²) in [5.41, 5.74) is 14.7. The Bertz CT molecular complexity index is 3190. The SMILES string of the molecule is c1ccc(-c2ncc(-c3cccc(-c4cccc(-n5c6ccccc6c6ccc(-c7cccc(-n8c9ccccc9c9ccccc98)c7)cc65)c4)c3)cn2)cc1. The Morgan fingerprint density at radius 1 is 0.268 bits per heavy atom. The molecule has 0 N–H and O–H groups in total. The third-order valence-electron chi connectivity index (χ3n) is 11.0. The molecule has 4 heteroatoms. The van der Waals surface area contributed by atoms with E-state index in [1.54, 1.807) is 0 Å². The van der Waals surface area contributed by atoms with Crippen LogP contribution in [0.2, 0.25) is 0 Å². The fraction of sp³-hybridized carbons (Fsp3) is 0. The van der Waals surface area contributed by atoms with Crippen LogP contribution in [0, 0.1) is 0 Å². The van der Waals surface area contributed by atoms with Gasteiger partial charge in [-0.2, -0.15) is 0 Å². The van der Waals surface area contributed by atoms with Gasteiger partial charge in [0, 0.05) is 56.4 Å². The molecule has 0 saturated carbocycles. The van der Waals surface area contributed by atoms with Crippen LogP contribution in [-0.4, -0.2) is 19.1 Å². The van der Waals surface area contributed by atoms with Crippen molar-refractivity contribution in [2.24, 2.45) is 0 Å². The topological polar surface area (TPSA) is 35.6 Å². The highest BCUT2D eigenvalue weighted by Gasteiger charge is 2.16. The first-order valence-electron chi connectivity index (χ1n) is 19.0. The van der Waals surface area contributed by atoms with Gasteiger partial charge in [-0.1, -0.05) is 140 Å². The summed E-state index contributed by atoms with van der Waals surface area (Å²) in [6.07, 6.45) is 3.83. The van der Waals surface area contributed by atoms with Gasteiger partial charge in [-0.3, -0.25) is 0 Å². The second-order valence-electron chi connectivity index (χ2n) is 14.3. The number of benzene rings is 8. The summed E-state index contributed by atoms with van der Waals surface area (Å²) < 4.78 is 4.80. The lowest BCUT2D eigenvalue weighted by molar-refractivity contribution is 1.18. The van der Waals surface area contributed by atoms with Crippen molar-refractivity contribution in [2.45, 2.75) is 0 Å². The largest absolute Gasteiger partial charge is 0.309 e. The summed E-state index contributed by atoms with van der Waals surface area (Å²) in [4.78, 5) is 9.38. The molecule has 11 aromatic rings. The van der Waals surface area contributed by atoms with Gasteiger partial charge in [0.1, 0.15) is 0 Å². The van der Waals surface area contributed by atoms with Crippen LogP contribution in [0.25, 0.3) is 99.8 Å². The number of para-hydroxylation sites is 3. The lowest BCUT2D eigenvalue weighted by Gasteiger charge is -2.13. The van der Waals surface area contributed by atoms with E-state index in [2.05, 4.69) is 183 Å². The van der Waals surface area contributed by atoms with E-state index in [0.29, 0.717) is 0 Å². The molecule has 3 aromatic heterocycles. The first kappa shape index (κ1) is 31.9. The Labute approximate surface area is 324 Å². The van der Waals surface area contributed by atoms with E-state index in [1.807, 2.05) is 42.7 Å². The van der Waals surface area contributed by atoms with Crippen LogP contribution in [0.3, 0.4) is 0 Å². The molecule has 0 aliphatic carbocycles. The van der Waals surface area contributed by atoms with Crippen LogP contribution in [0.4, 0.5) is 0 Å². The highest BCUT2D eigenvalue weighted by molar-refractivity contribution is 6.11. The van der Waals surface area contributed by atoms with E-state index in [9.17, 15) is 0 Å². The van der Waals surface area contributed by atoms with Crippen LogP contribution < -0.4 is 0 Å². The molecule has 8 aromatic carbocycles. The van der Waals surface area contributed by atoms with Crippen molar-refractivity contribution in [1.29, 1.82) is 0 Å². The van der Waals surface area contributed by atoms with Crippen molar-refractivity contribution >= 4 is 43.6 Å². The van der Waals surface area contributed by atoms with Crippen LogP contribution in [0.15, 0.2) is 207 Å². The van der Waals surface area contributed by atoms with E-state index >= 15 is 0 Å². The van der Waals surface area contributed by atoms with Crippen LogP contribution in [0.5, 0.6) is 0 Å². The molecule has 262 valence electrons. The zero-order valence-corrected chi connectivity index (χ0v) is 30.4. The summed E-state index contributed by atoms with van der Waals surface area (Å²) in [6.45, 7) is 0. The van der Waals surface area contributed by atoms with Crippen LogP contribution in [-0.2, 0) is 0 Å². The number of hydrogen-bond acceptors (Lipinski definition) is 2. The maximum atomic E-state index is 4.69. The second-order valence-corrected chi connectivity index (χ2v) is 14.3. The Kier molecular flexibility index (Phi) is 7.46. The van der Waals surface area contributed by atoms with Crippen molar-refractivity contribution in [3.63, 3.8) is 0 Å². The lowest BCUT2D eigenvalue weighted by Crippen LogP contribution is -1.95. The molecule has 0 bridgehead atoms. The summed E-state index contributed by atoms with van der Waals surface area (Å²) >= 11 is 0. The minimum atomic E-state index is 0.725. The first-order valence-corrected chi connectivity index (χ1v) is 19.0. The Balaban J connectivity index is 1.00. The van der Waals surface area contributed by atoms with Crippen molar-refractivity contribution < 1.29 is 0 Å². The quantitative estimate of drug-likeness (QED) is 0.172. The van der Waals surface area contributed by atoms with Crippen molar-refractivity contribution in [1.82, 2.24) is 19.1 Å². The van der Waals surface area contributed by atoms with Crippen LogP contribution >= 0.6 is 0 Å². The minimum absolute atomic E-state index is 0.725. The number of hydrogen-bond donors (Lipinski definition) is 0. The molecule has 0 amide bonds. The molecule has 4 nitrogen and oxygen atoms in total. The number of nitrogens with zero attached hydrogens (tertiary/aromatic N) is 4. The summed E-state index contributed by atoms with van der Waals surface area (Å²) in [7, 11) is 0. The number of rotatable bonds is 6. The average molecular weight is 715 g/mol. The van der Waals surface area contributed by atoms with Crippen molar-refractivity contribution in [2.75, 3.05) is 0 Å². The molecule has 0 unspecified atom stereocenters. The Morgan fingerprint density at radius 2 is 0.679 bits per heavy atom. The molecule has 3 heterocycles. The highest BCUT2D eigenvalue weighted by Crippen LogP contribution is 2.38. The molecule has 0 atom stereocenters. The molecule has 0 radical (unpaired) electrons. The van der Waals surface area contributed by atoms with E-state index in [4.69, 9.17) is 0 Å². The molecule has 0 aliphatic rings. The van der Waals surface area contributed by atoms with Crippen molar-refractivity contribution in [3.8, 4) is 56.1 Å². The number of fused-ring (bicyclic) bond motifs is 6. The van der Waals surface area contributed by atoms with E-state index in [-0.39, 0.29) is 0 Å². The molecule has 0 aliphatic heterocycles. The standard InChI is InChI=1S/C52H34N4/c1-2-13-35(14-3-1)52-53-33-41(34-54-52)37-16-10-15-36(29-37)38-17-11-20-43(30-38)56-50-26-9-6-23-46(50)47-28-27-40(32-51(47)56)39-18-12-19-42(31-39)55-48-24-7-4-21-44(48)45-22-5-8-25-49(45)55/h1-34H. The highest BCUT2D eigenvalue weighted by atomic mass is 15.0. The van der Waals surface area contributed by atoms with Gasteiger partial charge in [-0.25, -0.2) is 9.97 Å². The van der Waals surface area contributed by atoms with E-state index < -0.39 is 0 Å². The predicted octanol–water partition coefficient (Wildman–Crippen LogP) is 13.3. The van der Waals surface area contributed by atoms with Gasteiger partial charge in [0.2, 0.25) is 0 Å². The second kappa shape index (κ2) is 13.1. The zero-order valence-electron chi connectivity index (χ0n) is 30.4. The summed E-state index contributed by atoms with van der Waals surface area (Å²) in [5.74, 6) is 0.725. The molecule has 11 rings (SSSR count). The third kappa shape index (κ3) is 5.31. The Hall–Kier alpha value is -7.56. The predicted molar refractivity (Wildman–Crippen MR) is 232 cm³/mol. The molecule has 0 saturated heterocycles. The first-order chi connectivity index (χ1) is 27.8. The van der Waals surface area contributed by atoms with Gasteiger partial charge in [0.05, 0.1) is 22.1 Å². The third-order valence-corrected chi connectivity index (χ3v) is 11.0. The average Bonchev–Trinajstić information content (AvgIpc) is 3.80. The van der Waals surface area contributed by atoms with Gasteiger partial charge in [0.15, 0.2) is 5.82 Å². The van der Waals surface area contributed by atoms with Gasteiger partial charge in [-0.15, -0.1) is 0 Å².